The van der Waals surface area contributed by atoms with Gasteiger partial charge in [-0.1, -0.05) is 60.7 Å². The molecule has 0 aliphatic heterocycles. The fourth-order valence-electron chi connectivity index (χ4n) is 7.61. The van der Waals surface area contributed by atoms with E-state index in [-0.39, 0.29) is 11.7 Å². The molecule has 0 aromatic heterocycles. The minimum atomic E-state index is -0.896. The summed E-state index contributed by atoms with van der Waals surface area (Å²) in [4.78, 5) is 27.5. The molecule has 0 unspecified atom stereocenters. The predicted octanol–water partition coefficient (Wildman–Crippen LogP) is 8.67. The molecule has 6 aromatic carbocycles. The molecule has 0 amide bonds. The second-order valence-corrected chi connectivity index (χ2v) is 12.4. The summed E-state index contributed by atoms with van der Waals surface area (Å²) in [6.45, 7) is 0. The van der Waals surface area contributed by atoms with Crippen LogP contribution in [0.3, 0.4) is 0 Å². The number of carbonyl (C=O) groups excluding carboxylic acids is 2. The first kappa shape index (κ1) is 31.1. The lowest BCUT2D eigenvalue weighted by atomic mass is 9.51. The van der Waals surface area contributed by atoms with E-state index in [2.05, 4.69) is 24.3 Å². The average molecular weight is 663 g/mol. The van der Waals surface area contributed by atoms with Crippen LogP contribution in [0.25, 0.3) is 0 Å². The summed E-state index contributed by atoms with van der Waals surface area (Å²) in [6, 6.07) is 39.8. The Labute approximate surface area is 288 Å². The van der Waals surface area contributed by atoms with Gasteiger partial charge in [0.1, 0.15) is 28.8 Å². The van der Waals surface area contributed by atoms with E-state index in [1.54, 1.807) is 87.0 Å². The zero-order valence-corrected chi connectivity index (χ0v) is 27.3. The van der Waals surface area contributed by atoms with Gasteiger partial charge < -0.3 is 18.9 Å². The number of carbonyl (C=O) groups is 2. The van der Waals surface area contributed by atoms with Gasteiger partial charge in [0.15, 0.2) is 0 Å². The van der Waals surface area contributed by atoms with Crippen molar-refractivity contribution in [3.63, 3.8) is 0 Å². The Kier molecular flexibility index (Phi) is 7.68. The maximum atomic E-state index is 14.2. The SMILES string of the molecule is COc1ccc(C(=O)Oc2ccc(OC(=O)c3ccc(OC)cc3)c3c2C2c4ccccc4C3(Cc3ccc(F)cc3)c3ccccc32)cc1. The van der Waals surface area contributed by atoms with Gasteiger partial charge in [-0.2, -0.15) is 0 Å². The molecule has 0 heterocycles. The van der Waals surface area contributed by atoms with Gasteiger partial charge in [-0.25, -0.2) is 14.0 Å². The number of methoxy groups -OCH3 is 2. The third-order valence-corrected chi connectivity index (χ3v) is 9.79. The number of halogens is 1. The molecular formula is C43H31FO6. The molecule has 3 aliphatic carbocycles. The van der Waals surface area contributed by atoms with E-state index in [4.69, 9.17) is 18.9 Å². The summed E-state index contributed by atoms with van der Waals surface area (Å²) in [6.07, 6.45) is 0.421. The Hall–Kier alpha value is -6.21. The Bertz CT molecular complexity index is 2210. The molecule has 6 aromatic rings. The number of esters is 2. The van der Waals surface area contributed by atoms with Crippen molar-refractivity contribution in [2.24, 2.45) is 0 Å². The van der Waals surface area contributed by atoms with Crippen molar-refractivity contribution >= 4 is 11.9 Å². The molecule has 0 atom stereocenters. The molecule has 0 radical (unpaired) electrons. The topological polar surface area (TPSA) is 71.1 Å². The molecule has 0 N–H and O–H groups in total. The Morgan fingerprint density at radius 1 is 0.600 bits per heavy atom. The second-order valence-electron chi connectivity index (χ2n) is 12.4. The van der Waals surface area contributed by atoms with Crippen LogP contribution in [0.1, 0.15) is 65.6 Å². The summed E-state index contributed by atoms with van der Waals surface area (Å²) < 4.78 is 37.3. The third-order valence-electron chi connectivity index (χ3n) is 9.79. The summed E-state index contributed by atoms with van der Waals surface area (Å²) in [5.41, 5.74) is 6.37. The van der Waals surface area contributed by atoms with Crippen LogP contribution < -0.4 is 18.9 Å². The smallest absolute Gasteiger partial charge is 0.343 e. The maximum Gasteiger partial charge on any atom is 0.343 e. The monoisotopic (exact) mass is 662 g/mol. The number of hydrogen-bond acceptors (Lipinski definition) is 6. The average Bonchev–Trinajstić information content (AvgIpc) is 3.16. The molecule has 50 heavy (non-hydrogen) atoms. The minimum Gasteiger partial charge on any atom is -0.497 e. The van der Waals surface area contributed by atoms with Crippen molar-refractivity contribution in [3.8, 4) is 23.0 Å². The molecular weight excluding hydrogens is 631 g/mol. The van der Waals surface area contributed by atoms with Gasteiger partial charge in [-0.3, -0.25) is 0 Å². The Balaban J connectivity index is 1.36. The van der Waals surface area contributed by atoms with Gasteiger partial charge in [0, 0.05) is 17.0 Å². The van der Waals surface area contributed by atoms with Crippen molar-refractivity contribution in [1.82, 2.24) is 0 Å². The van der Waals surface area contributed by atoms with Gasteiger partial charge in [0.2, 0.25) is 0 Å². The van der Waals surface area contributed by atoms with Crippen molar-refractivity contribution in [2.45, 2.75) is 17.8 Å². The standard InChI is InChI=1S/C43H31FO6/c1-47-30-19-13-27(14-20-30)41(45)49-36-23-24-37(50-42(46)28-15-21-31(48-2)22-16-28)40-39(36)38-32-7-3-5-9-34(32)43(40,35-10-6-4-8-33(35)38)25-26-11-17-29(44)18-12-26/h3-24,38H,25H2,1-2H3. The van der Waals surface area contributed by atoms with Crippen LogP contribution >= 0.6 is 0 Å². The highest BCUT2D eigenvalue weighted by Crippen LogP contribution is 2.64. The van der Waals surface area contributed by atoms with Gasteiger partial charge in [0.05, 0.1) is 30.8 Å². The number of ether oxygens (including phenoxy) is 4. The van der Waals surface area contributed by atoms with E-state index >= 15 is 0 Å². The molecule has 9 rings (SSSR count). The molecule has 2 bridgehead atoms. The normalized spacial score (nSPS) is 16.4. The van der Waals surface area contributed by atoms with Crippen LogP contribution in [0.4, 0.5) is 4.39 Å². The Morgan fingerprint density at radius 2 is 1.08 bits per heavy atom. The van der Waals surface area contributed by atoms with E-state index in [9.17, 15) is 14.0 Å². The van der Waals surface area contributed by atoms with Gasteiger partial charge in [-0.05, 0) is 107 Å². The first-order valence-corrected chi connectivity index (χ1v) is 16.2. The largest absolute Gasteiger partial charge is 0.497 e. The fraction of sp³-hybridized carbons (Fsp3) is 0.116. The molecule has 0 fully saturated rings. The number of hydrogen-bond donors (Lipinski definition) is 0. The van der Waals surface area contributed by atoms with Crippen molar-refractivity contribution < 1.29 is 32.9 Å². The van der Waals surface area contributed by atoms with Crippen LogP contribution in [0, 0.1) is 5.82 Å². The van der Waals surface area contributed by atoms with Crippen LogP contribution in [-0.2, 0) is 11.8 Å². The fourth-order valence-corrected chi connectivity index (χ4v) is 7.61. The summed E-state index contributed by atoms with van der Waals surface area (Å²) in [5.74, 6) is 0.211. The highest BCUT2D eigenvalue weighted by Gasteiger charge is 2.54. The minimum absolute atomic E-state index is 0.328. The summed E-state index contributed by atoms with van der Waals surface area (Å²) in [5, 5.41) is 0. The molecule has 3 aliphatic rings. The van der Waals surface area contributed by atoms with Gasteiger partial charge in [-0.15, -0.1) is 0 Å². The first-order chi connectivity index (χ1) is 24.4. The van der Waals surface area contributed by atoms with E-state index in [0.29, 0.717) is 40.5 Å². The predicted molar refractivity (Wildman–Crippen MR) is 186 cm³/mol. The molecule has 0 saturated heterocycles. The highest BCUT2D eigenvalue weighted by molar-refractivity contribution is 5.93. The zero-order valence-electron chi connectivity index (χ0n) is 27.3. The van der Waals surface area contributed by atoms with Crippen LogP contribution in [-0.4, -0.2) is 26.2 Å². The quantitative estimate of drug-likeness (QED) is 0.120. The van der Waals surface area contributed by atoms with Gasteiger partial charge >= 0.3 is 11.9 Å². The Morgan fingerprint density at radius 3 is 1.60 bits per heavy atom. The lowest BCUT2D eigenvalue weighted by Gasteiger charge is -2.51. The zero-order chi connectivity index (χ0) is 34.4. The number of benzene rings is 6. The molecule has 0 spiro atoms. The first-order valence-electron chi connectivity index (χ1n) is 16.2. The van der Waals surface area contributed by atoms with Crippen molar-refractivity contribution in [3.05, 3.63) is 189 Å². The van der Waals surface area contributed by atoms with Crippen molar-refractivity contribution in [1.29, 1.82) is 0 Å². The van der Waals surface area contributed by atoms with E-state index < -0.39 is 17.4 Å². The lowest BCUT2D eigenvalue weighted by Crippen LogP contribution is -2.44. The summed E-state index contributed by atoms with van der Waals surface area (Å²) >= 11 is 0. The maximum absolute atomic E-state index is 14.2. The lowest BCUT2D eigenvalue weighted by molar-refractivity contribution is 0.0714. The van der Waals surface area contributed by atoms with Crippen molar-refractivity contribution in [2.75, 3.05) is 14.2 Å². The van der Waals surface area contributed by atoms with E-state index in [1.807, 2.05) is 24.3 Å². The van der Waals surface area contributed by atoms with Crippen LogP contribution in [0.2, 0.25) is 0 Å². The van der Waals surface area contributed by atoms with E-state index in [1.165, 1.54) is 12.1 Å². The van der Waals surface area contributed by atoms with E-state index in [0.717, 1.165) is 38.9 Å². The van der Waals surface area contributed by atoms with Crippen LogP contribution in [0.5, 0.6) is 23.0 Å². The summed E-state index contributed by atoms with van der Waals surface area (Å²) in [7, 11) is 3.13. The highest BCUT2D eigenvalue weighted by atomic mass is 19.1. The molecule has 6 nitrogen and oxygen atoms in total. The second kappa shape index (κ2) is 12.3. The third kappa shape index (κ3) is 5.01. The van der Waals surface area contributed by atoms with Crippen LogP contribution in [0.15, 0.2) is 133 Å². The molecule has 246 valence electrons. The molecule has 0 saturated carbocycles. The number of rotatable bonds is 8. The molecule has 7 heteroatoms. The van der Waals surface area contributed by atoms with Gasteiger partial charge in [0.25, 0.3) is 0 Å².